The van der Waals surface area contributed by atoms with Gasteiger partial charge in [-0.1, -0.05) is 110 Å². The average Bonchev–Trinajstić information content (AvgIpc) is 2.68. The highest BCUT2D eigenvalue weighted by Crippen LogP contribution is 2.10. The number of nitrogens with two attached hydrogens (primary N) is 1. The largest absolute Gasteiger partial charge is 0.481 e. The Labute approximate surface area is 171 Å². The van der Waals surface area contributed by atoms with E-state index in [1.54, 1.807) is 0 Å². The Morgan fingerprint density at radius 3 is 1.22 bits per heavy atom. The van der Waals surface area contributed by atoms with Gasteiger partial charge in [-0.15, -0.1) is 13.2 Å². The Balaban J connectivity index is -0.000000400. The highest BCUT2D eigenvalue weighted by Gasteiger charge is 1.96. The first-order valence-corrected chi connectivity index (χ1v) is 11.6. The first-order chi connectivity index (χ1) is 13.2. The monoisotopic (exact) mass is 385 g/mol. The lowest BCUT2D eigenvalue weighted by Crippen LogP contribution is -1.97. The van der Waals surface area contributed by atoms with Gasteiger partial charge in [-0.3, -0.25) is 4.79 Å². The molecule has 0 aliphatic carbocycles. The topological polar surface area (TPSA) is 63.3 Å². The van der Waals surface area contributed by atoms with Crippen LogP contribution in [-0.4, -0.2) is 17.6 Å². The minimum Gasteiger partial charge on any atom is -0.481 e. The molecule has 0 atom stereocenters. The number of hydrogen-bond acceptors (Lipinski definition) is 2. The first kappa shape index (κ1) is 30.9. The van der Waals surface area contributed by atoms with Crippen LogP contribution < -0.4 is 5.73 Å². The van der Waals surface area contributed by atoms with E-state index in [0.29, 0.717) is 6.42 Å². The summed E-state index contributed by atoms with van der Waals surface area (Å²) in [7, 11) is 0. The summed E-state index contributed by atoms with van der Waals surface area (Å²) in [6.07, 6.45) is 22.5. The van der Waals surface area contributed by atoms with Crippen molar-refractivity contribution < 1.29 is 9.90 Å². The van der Waals surface area contributed by atoms with Gasteiger partial charge >= 0.3 is 5.97 Å². The normalized spacial score (nSPS) is 9.74. The van der Waals surface area contributed by atoms with Crippen molar-refractivity contribution in [2.75, 3.05) is 6.54 Å². The lowest BCUT2D eigenvalue weighted by molar-refractivity contribution is -0.137. The fourth-order valence-electron chi connectivity index (χ4n) is 2.87. The predicted octanol–water partition coefficient (Wildman–Crippen LogP) is 7.88. The molecule has 3 heteroatoms. The van der Waals surface area contributed by atoms with E-state index in [2.05, 4.69) is 27.0 Å². The number of carbonyl (C=O) groups is 1. The molecule has 164 valence electrons. The summed E-state index contributed by atoms with van der Waals surface area (Å²) < 4.78 is 0. The molecule has 0 spiro atoms. The van der Waals surface area contributed by atoms with Crippen molar-refractivity contribution in [1.82, 2.24) is 0 Å². The minimum absolute atomic E-state index is 0.343. The van der Waals surface area contributed by atoms with Gasteiger partial charge in [0.15, 0.2) is 0 Å². The summed E-state index contributed by atoms with van der Waals surface area (Å²) in [6.45, 7) is 11.4. The van der Waals surface area contributed by atoms with Crippen LogP contribution in [0.5, 0.6) is 0 Å². The molecule has 0 aromatic carbocycles. The van der Waals surface area contributed by atoms with Crippen LogP contribution in [0.15, 0.2) is 13.2 Å². The van der Waals surface area contributed by atoms with Crippen molar-refractivity contribution in [3.63, 3.8) is 0 Å². The standard InChI is InChI=1S/C12H24O2.C10H23N.C2H4/c1-2-3-4-5-6-7-8-9-10-11-12(13)14;1-2-3-4-5-6-7-8-9-10-11;1-2/h2-11H2,1H3,(H,13,14);2-11H2,1H3;1-2H2. The molecule has 0 aromatic rings. The SMILES string of the molecule is C=C.CCCCCCCCCCCC(=O)O.CCCCCCCCCCN. The Morgan fingerprint density at radius 1 is 0.630 bits per heavy atom. The third-order valence-corrected chi connectivity index (χ3v) is 4.55. The molecule has 0 bridgehead atoms. The van der Waals surface area contributed by atoms with E-state index in [1.165, 1.54) is 96.3 Å². The van der Waals surface area contributed by atoms with E-state index in [0.717, 1.165) is 19.4 Å². The third kappa shape index (κ3) is 40.9. The number of carboxylic acids is 1. The summed E-state index contributed by atoms with van der Waals surface area (Å²) in [5.41, 5.74) is 5.39. The van der Waals surface area contributed by atoms with Gasteiger partial charge in [0.25, 0.3) is 0 Å². The molecule has 3 nitrogen and oxygen atoms in total. The van der Waals surface area contributed by atoms with Crippen LogP contribution in [0.1, 0.15) is 129 Å². The van der Waals surface area contributed by atoms with Crippen LogP contribution in [0.2, 0.25) is 0 Å². The fourth-order valence-corrected chi connectivity index (χ4v) is 2.87. The molecule has 0 radical (unpaired) electrons. The van der Waals surface area contributed by atoms with Crippen LogP contribution in [0.4, 0.5) is 0 Å². The highest BCUT2D eigenvalue weighted by atomic mass is 16.4. The summed E-state index contributed by atoms with van der Waals surface area (Å²) in [5.74, 6) is -0.659. The molecule has 27 heavy (non-hydrogen) atoms. The van der Waals surface area contributed by atoms with E-state index in [9.17, 15) is 4.79 Å². The molecule has 0 aliphatic rings. The maximum Gasteiger partial charge on any atom is 0.303 e. The zero-order valence-electron chi connectivity index (χ0n) is 18.8. The van der Waals surface area contributed by atoms with E-state index in [4.69, 9.17) is 10.8 Å². The smallest absolute Gasteiger partial charge is 0.303 e. The van der Waals surface area contributed by atoms with E-state index >= 15 is 0 Å². The molecule has 0 aromatic heterocycles. The van der Waals surface area contributed by atoms with Crippen molar-refractivity contribution in [2.24, 2.45) is 5.73 Å². The van der Waals surface area contributed by atoms with Gasteiger partial charge in [0.1, 0.15) is 0 Å². The van der Waals surface area contributed by atoms with Crippen LogP contribution in [-0.2, 0) is 4.79 Å². The summed E-state index contributed by atoms with van der Waals surface area (Å²) >= 11 is 0. The van der Waals surface area contributed by atoms with Crippen LogP contribution >= 0.6 is 0 Å². The minimum atomic E-state index is -0.659. The Hall–Kier alpha value is -0.830. The molecule has 0 saturated heterocycles. The van der Waals surface area contributed by atoms with E-state index < -0.39 is 5.97 Å². The zero-order chi connectivity index (χ0) is 21.0. The fraction of sp³-hybridized carbons (Fsp3) is 0.875. The summed E-state index contributed by atoms with van der Waals surface area (Å²) in [4.78, 5) is 10.2. The number of aliphatic carboxylic acids is 1. The quantitative estimate of drug-likeness (QED) is 0.186. The second kappa shape index (κ2) is 32.8. The van der Waals surface area contributed by atoms with Crippen LogP contribution in [0.25, 0.3) is 0 Å². The van der Waals surface area contributed by atoms with Gasteiger partial charge in [-0.05, 0) is 19.4 Å². The molecule has 0 heterocycles. The summed E-state index contributed by atoms with van der Waals surface area (Å²) in [6, 6.07) is 0. The maximum absolute atomic E-state index is 10.2. The maximum atomic E-state index is 10.2. The van der Waals surface area contributed by atoms with Crippen molar-refractivity contribution in [3.05, 3.63) is 13.2 Å². The molecule has 0 amide bonds. The van der Waals surface area contributed by atoms with Gasteiger partial charge < -0.3 is 10.8 Å². The lowest BCUT2D eigenvalue weighted by atomic mass is 10.1. The van der Waals surface area contributed by atoms with Crippen molar-refractivity contribution in [2.45, 2.75) is 129 Å². The zero-order valence-corrected chi connectivity index (χ0v) is 18.8. The average molecular weight is 386 g/mol. The second-order valence-corrected chi connectivity index (χ2v) is 7.24. The van der Waals surface area contributed by atoms with Crippen molar-refractivity contribution in [3.8, 4) is 0 Å². The van der Waals surface area contributed by atoms with Gasteiger partial charge in [-0.2, -0.15) is 0 Å². The van der Waals surface area contributed by atoms with Crippen LogP contribution in [0.3, 0.4) is 0 Å². The predicted molar refractivity (Wildman–Crippen MR) is 122 cm³/mol. The molecular weight excluding hydrogens is 334 g/mol. The Bertz CT molecular complexity index is 249. The molecule has 0 rings (SSSR count). The molecule has 0 saturated carbocycles. The summed E-state index contributed by atoms with van der Waals surface area (Å²) in [5, 5.41) is 8.41. The molecule has 3 N–H and O–H groups in total. The number of unbranched alkanes of at least 4 members (excludes halogenated alkanes) is 15. The van der Waals surface area contributed by atoms with Crippen molar-refractivity contribution >= 4 is 5.97 Å². The second-order valence-electron chi connectivity index (χ2n) is 7.24. The van der Waals surface area contributed by atoms with Gasteiger partial charge in [0, 0.05) is 6.42 Å². The first-order valence-electron chi connectivity index (χ1n) is 11.6. The lowest BCUT2D eigenvalue weighted by Gasteiger charge is -2.00. The van der Waals surface area contributed by atoms with Gasteiger partial charge in [0.05, 0.1) is 0 Å². The molecule has 0 unspecified atom stereocenters. The van der Waals surface area contributed by atoms with E-state index in [-0.39, 0.29) is 0 Å². The number of carboxylic acid groups (broad SMARTS) is 1. The van der Waals surface area contributed by atoms with Gasteiger partial charge in [0.2, 0.25) is 0 Å². The Kier molecular flexibility index (Phi) is 37.5. The molecular formula is C24H51NO2. The van der Waals surface area contributed by atoms with Gasteiger partial charge in [-0.25, -0.2) is 0 Å². The van der Waals surface area contributed by atoms with E-state index in [1.807, 2.05) is 0 Å². The number of rotatable bonds is 18. The third-order valence-electron chi connectivity index (χ3n) is 4.55. The Morgan fingerprint density at radius 2 is 0.926 bits per heavy atom. The highest BCUT2D eigenvalue weighted by molar-refractivity contribution is 5.66. The number of hydrogen-bond donors (Lipinski definition) is 2. The molecule has 0 aliphatic heterocycles. The molecule has 0 fully saturated rings. The van der Waals surface area contributed by atoms with Crippen LogP contribution in [0, 0.1) is 0 Å². The van der Waals surface area contributed by atoms with Crippen molar-refractivity contribution in [1.29, 1.82) is 0 Å².